The van der Waals surface area contributed by atoms with Crippen molar-refractivity contribution in [1.82, 2.24) is 5.32 Å². The lowest BCUT2D eigenvalue weighted by Gasteiger charge is -2.61. The summed E-state index contributed by atoms with van der Waals surface area (Å²) >= 11 is 0. The SMILES string of the molecule is CS(=O)(=O)Nc1ccc(C(F)(F)F)cc1C(=O)NC12CC(C1)C2. The number of amides is 1. The van der Waals surface area contributed by atoms with Crippen LogP contribution in [0.4, 0.5) is 18.9 Å². The van der Waals surface area contributed by atoms with Crippen molar-refractivity contribution >= 4 is 21.6 Å². The highest BCUT2D eigenvalue weighted by Crippen LogP contribution is 2.57. The van der Waals surface area contributed by atoms with Crippen LogP contribution in [-0.2, 0) is 16.2 Å². The Morgan fingerprint density at radius 2 is 1.87 bits per heavy atom. The Morgan fingerprint density at radius 1 is 1.26 bits per heavy atom. The van der Waals surface area contributed by atoms with Crippen molar-refractivity contribution in [2.75, 3.05) is 11.0 Å². The Morgan fingerprint density at radius 3 is 2.30 bits per heavy atom. The molecule has 2 bridgehead atoms. The molecule has 0 saturated heterocycles. The molecule has 2 N–H and O–H groups in total. The minimum absolute atomic E-state index is 0.162. The zero-order chi connectivity index (χ0) is 17.0. The highest BCUT2D eigenvalue weighted by molar-refractivity contribution is 7.92. The molecule has 1 aromatic carbocycles. The molecule has 126 valence electrons. The Kier molecular flexibility index (Phi) is 3.40. The van der Waals surface area contributed by atoms with Crippen molar-refractivity contribution in [3.8, 4) is 0 Å². The van der Waals surface area contributed by atoms with Gasteiger partial charge in [-0.25, -0.2) is 8.42 Å². The third-order valence-corrected chi connectivity index (χ3v) is 4.89. The number of nitrogens with one attached hydrogen (secondary N) is 2. The van der Waals surface area contributed by atoms with Crippen LogP contribution in [0.2, 0.25) is 0 Å². The summed E-state index contributed by atoms with van der Waals surface area (Å²) in [5.74, 6) is -0.106. The zero-order valence-corrected chi connectivity index (χ0v) is 13.0. The molecule has 1 aromatic rings. The first-order chi connectivity index (χ1) is 10.5. The van der Waals surface area contributed by atoms with Crippen molar-refractivity contribution < 1.29 is 26.4 Å². The van der Waals surface area contributed by atoms with Gasteiger partial charge in [0.25, 0.3) is 5.91 Å². The fraction of sp³-hybridized carbons (Fsp3) is 0.500. The van der Waals surface area contributed by atoms with E-state index in [0.29, 0.717) is 12.0 Å². The van der Waals surface area contributed by atoms with Crippen LogP contribution >= 0.6 is 0 Å². The maximum atomic E-state index is 12.9. The molecule has 3 aliphatic carbocycles. The van der Waals surface area contributed by atoms with Gasteiger partial charge in [0.2, 0.25) is 10.0 Å². The molecule has 0 radical (unpaired) electrons. The zero-order valence-electron chi connectivity index (χ0n) is 12.2. The molecular formula is C14H15F3N2O3S. The summed E-state index contributed by atoms with van der Waals surface area (Å²) in [4.78, 5) is 12.4. The van der Waals surface area contributed by atoms with Crippen molar-refractivity contribution in [1.29, 1.82) is 0 Å². The van der Waals surface area contributed by atoms with Crippen LogP contribution in [0.25, 0.3) is 0 Å². The molecule has 0 unspecified atom stereocenters. The largest absolute Gasteiger partial charge is 0.416 e. The van der Waals surface area contributed by atoms with Gasteiger partial charge in [-0.3, -0.25) is 9.52 Å². The van der Waals surface area contributed by atoms with Gasteiger partial charge in [-0.15, -0.1) is 0 Å². The first-order valence-corrected chi connectivity index (χ1v) is 8.88. The summed E-state index contributed by atoms with van der Waals surface area (Å²) < 4.78 is 63.4. The average molecular weight is 348 g/mol. The molecule has 4 rings (SSSR count). The number of hydrogen-bond donors (Lipinski definition) is 2. The average Bonchev–Trinajstić information content (AvgIpc) is 2.29. The number of carbonyl (C=O) groups is 1. The van der Waals surface area contributed by atoms with Crippen LogP contribution in [0.1, 0.15) is 35.2 Å². The summed E-state index contributed by atoms with van der Waals surface area (Å²) in [6.45, 7) is 0. The van der Waals surface area contributed by atoms with E-state index in [2.05, 4.69) is 10.0 Å². The number of rotatable bonds is 4. The third-order valence-electron chi connectivity index (χ3n) is 4.30. The van der Waals surface area contributed by atoms with Gasteiger partial charge in [-0.1, -0.05) is 0 Å². The first kappa shape index (κ1) is 16.1. The number of alkyl halides is 3. The van der Waals surface area contributed by atoms with E-state index in [0.717, 1.165) is 37.7 Å². The molecule has 9 heteroatoms. The minimum Gasteiger partial charge on any atom is -0.347 e. The number of halogens is 3. The summed E-state index contributed by atoms with van der Waals surface area (Å²) in [6.07, 6.45) is -1.27. The fourth-order valence-corrected chi connectivity index (χ4v) is 3.71. The van der Waals surface area contributed by atoms with Gasteiger partial charge in [0.05, 0.1) is 23.1 Å². The lowest BCUT2D eigenvalue weighted by atomic mass is 9.50. The van der Waals surface area contributed by atoms with Crippen LogP contribution < -0.4 is 10.0 Å². The van der Waals surface area contributed by atoms with Crippen molar-refractivity contribution in [2.24, 2.45) is 5.92 Å². The number of anilines is 1. The molecule has 1 amide bonds. The van der Waals surface area contributed by atoms with E-state index < -0.39 is 27.7 Å². The molecule has 3 saturated carbocycles. The number of sulfonamides is 1. The summed E-state index contributed by atoms with van der Waals surface area (Å²) in [5, 5.41) is 2.74. The van der Waals surface area contributed by atoms with E-state index in [-0.39, 0.29) is 16.8 Å². The van der Waals surface area contributed by atoms with E-state index in [1.54, 1.807) is 0 Å². The summed E-state index contributed by atoms with van der Waals surface area (Å²) in [7, 11) is -3.72. The predicted molar refractivity (Wildman–Crippen MR) is 77.4 cm³/mol. The summed E-state index contributed by atoms with van der Waals surface area (Å²) in [5.41, 5.74) is -1.81. The molecule has 0 aliphatic heterocycles. The maximum absolute atomic E-state index is 12.9. The predicted octanol–water partition coefficient (Wildman–Crippen LogP) is 2.36. The summed E-state index contributed by atoms with van der Waals surface area (Å²) in [6, 6.07) is 2.38. The Hall–Kier alpha value is -1.77. The monoisotopic (exact) mass is 348 g/mol. The first-order valence-electron chi connectivity index (χ1n) is 6.99. The van der Waals surface area contributed by atoms with E-state index >= 15 is 0 Å². The highest BCUT2D eigenvalue weighted by atomic mass is 32.2. The second-order valence-electron chi connectivity index (χ2n) is 6.35. The van der Waals surface area contributed by atoms with E-state index in [1.165, 1.54) is 0 Å². The third kappa shape index (κ3) is 3.15. The molecule has 0 heterocycles. The molecule has 0 atom stereocenters. The van der Waals surface area contributed by atoms with E-state index in [1.807, 2.05) is 0 Å². The molecule has 0 spiro atoms. The van der Waals surface area contributed by atoms with E-state index in [9.17, 15) is 26.4 Å². The maximum Gasteiger partial charge on any atom is 0.416 e. The molecule has 3 fully saturated rings. The number of hydrogen-bond acceptors (Lipinski definition) is 3. The van der Waals surface area contributed by atoms with Crippen LogP contribution in [0.15, 0.2) is 18.2 Å². The number of benzene rings is 1. The number of carbonyl (C=O) groups excluding carboxylic acids is 1. The minimum atomic E-state index is -4.62. The van der Waals surface area contributed by atoms with Crippen molar-refractivity contribution in [3.05, 3.63) is 29.3 Å². The molecule has 23 heavy (non-hydrogen) atoms. The second-order valence-corrected chi connectivity index (χ2v) is 8.09. The van der Waals surface area contributed by atoms with Gasteiger partial charge in [-0.2, -0.15) is 13.2 Å². The highest BCUT2D eigenvalue weighted by Gasteiger charge is 2.57. The van der Waals surface area contributed by atoms with Gasteiger partial charge >= 0.3 is 6.18 Å². The topological polar surface area (TPSA) is 75.3 Å². The second kappa shape index (κ2) is 4.86. The van der Waals surface area contributed by atoms with Crippen LogP contribution in [0, 0.1) is 5.92 Å². The smallest absolute Gasteiger partial charge is 0.347 e. The van der Waals surface area contributed by atoms with Gasteiger partial charge in [0.1, 0.15) is 0 Å². The van der Waals surface area contributed by atoms with Gasteiger partial charge in [0, 0.05) is 5.54 Å². The van der Waals surface area contributed by atoms with E-state index in [4.69, 9.17) is 0 Å². The van der Waals surface area contributed by atoms with Gasteiger partial charge < -0.3 is 5.32 Å². The van der Waals surface area contributed by atoms with Crippen molar-refractivity contribution in [3.63, 3.8) is 0 Å². The van der Waals surface area contributed by atoms with Gasteiger partial charge in [0.15, 0.2) is 0 Å². The standard InChI is InChI=1S/C14H15F3N2O3S/c1-23(21,22)19-11-3-2-9(14(15,16)17)4-10(11)12(20)18-13-5-8(6-13)7-13/h2-4,8,19H,5-7H2,1H3,(H,18,20). The lowest BCUT2D eigenvalue weighted by Crippen LogP contribution is -2.68. The van der Waals surface area contributed by atoms with Crippen LogP contribution in [0.5, 0.6) is 0 Å². The molecule has 5 nitrogen and oxygen atoms in total. The molecular weight excluding hydrogens is 333 g/mol. The quantitative estimate of drug-likeness (QED) is 0.877. The van der Waals surface area contributed by atoms with Crippen LogP contribution in [0.3, 0.4) is 0 Å². The lowest BCUT2D eigenvalue weighted by molar-refractivity contribution is -0.137. The molecule has 3 aliphatic rings. The van der Waals surface area contributed by atoms with Crippen LogP contribution in [-0.4, -0.2) is 26.1 Å². The normalized spacial score (nSPS) is 26.0. The van der Waals surface area contributed by atoms with Gasteiger partial charge in [-0.05, 0) is 43.4 Å². The Balaban J connectivity index is 1.94. The molecule has 0 aromatic heterocycles. The Bertz CT molecular complexity index is 757. The fourth-order valence-electron chi connectivity index (χ4n) is 3.14. The van der Waals surface area contributed by atoms with Crippen molar-refractivity contribution in [2.45, 2.75) is 31.0 Å². The Labute approximate surface area is 131 Å².